The minimum absolute atomic E-state index is 0.377. The lowest BCUT2D eigenvalue weighted by Gasteiger charge is -2.21. The SMILES string of the molecule is CC(C)C1CCCN(Cc2ccnc(C(N)=S)c2)CC1. The maximum absolute atomic E-state index is 5.65. The van der Waals surface area contributed by atoms with Crippen LogP contribution in [0.4, 0.5) is 0 Å². The predicted molar refractivity (Wildman–Crippen MR) is 87.6 cm³/mol. The second kappa shape index (κ2) is 7.14. The van der Waals surface area contributed by atoms with Gasteiger partial charge in [-0.15, -0.1) is 0 Å². The van der Waals surface area contributed by atoms with E-state index in [1.807, 2.05) is 6.07 Å². The minimum Gasteiger partial charge on any atom is -0.388 e. The van der Waals surface area contributed by atoms with Crippen molar-refractivity contribution < 1.29 is 0 Å². The van der Waals surface area contributed by atoms with Gasteiger partial charge in [0.1, 0.15) is 4.99 Å². The van der Waals surface area contributed by atoms with E-state index < -0.39 is 0 Å². The first-order valence-corrected chi connectivity index (χ1v) is 7.94. The van der Waals surface area contributed by atoms with Crippen molar-refractivity contribution in [2.24, 2.45) is 17.6 Å². The highest BCUT2D eigenvalue weighted by molar-refractivity contribution is 7.80. The quantitative estimate of drug-likeness (QED) is 0.866. The van der Waals surface area contributed by atoms with Gasteiger partial charge >= 0.3 is 0 Å². The predicted octanol–water partition coefficient (Wildman–Crippen LogP) is 2.97. The molecule has 0 aromatic carbocycles. The summed E-state index contributed by atoms with van der Waals surface area (Å²) in [6.45, 7) is 8.04. The van der Waals surface area contributed by atoms with Crippen molar-refractivity contribution in [1.82, 2.24) is 9.88 Å². The highest BCUT2D eigenvalue weighted by Crippen LogP contribution is 2.25. The fourth-order valence-corrected chi connectivity index (χ4v) is 3.08. The van der Waals surface area contributed by atoms with Crippen molar-refractivity contribution in [1.29, 1.82) is 0 Å². The number of nitrogens with zero attached hydrogens (tertiary/aromatic N) is 2. The summed E-state index contributed by atoms with van der Waals surface area (Å²) in [7, 11) is 0. The minimum atomic E-state index is 0.377. The van der Waals surface area contributed by atoms with Crippen LogP contribution in [-0.4, -0.2) is 28.0 Å². The Labute approximate surface area is 127 Å². The number of nitrogens with two attached hydrogens (primary N) is 1. The van der Waals surface area contributed by atoms with Gasteiger partial charge in [-0.3, -0.25) is 9.88 Å². The second-order valence-electron chi connectivity index (χ2n) is 6.12. The number of thiocarbonyl (C=S) groups is 1. The molecule has 4 heteroatoms. The molecule has 1 unspecified atom stereocenters. The van der Waals surface area contributed by atoms with E-state index >= 15 is 0 Å². The van der Waals surface area contributed by atoms with Gasteiger partial charge in [-0.25, -0.2) is 0 Å². The van der Waals surface area contributed by atoms with E-state index in [0.717, 1.165) is 24.1 Å². The van der Waals surface area contributed by atoms with E-state index in [0.29, 0.717) is 4.99 Å². The van der Waals surface area contributed by atoms with E-state index in [1.165, 1.54) is 37.9 Å². The first kappa shape index (κ1) is 15.4. The number of aromatic nitrogens is 1. The van der Waals surface area contributed by atoms with Crippen LogP contribution in [0.2, 0.25) is 0 Å². The summed E-state index contributed by atoms with van der Waals surface area (Å²) in [5.74, 6) is 1.68. The lowest BCUT2D eigenvalue weighted by molar-refractivity contribution is 0.264. The molecular formula is C16H25N3S. The Kier molecular flexibility index (Phi) is 5.49. The summed E-state index contributed by atoms with van der Waals surface area (Å²) in [6, 6.07) is 4.08. The van der Waals surface area contributed by atoms with Crippen molar-refractivity contribution in [3.8, 4) is 0 Å². The molecule has 2 rings (SSSR count). The number of likely N-dealkylation sites (tertiary alicyclic amines) is 1. The molecule has 1 saturated heterocycles. The largest absolute Gasteiger partial charge is 0.388 e. The molecule has 0 spiro atoms. The van der Waals surface area contributed by atoms with E-state index in [9.17, 15) is 0 Å². The van der Waals surface area contributed by atoms with Crippen LogP contribution >= 0.6 is 12.2 Å². The molecule has 110 valence electrons. The average Bonchev–Trinajstić information content (AvgIpc) is 2.65. The number of pyridine rings is 1. The van der Waals surface area contributed by atoms with E-state index in [1.54, 1.807) is 6.20 Å². The molecule has 1 aromatic rings. The Morgan fingerprint density at radius 1 is 1.45 bits per heavy atom. The van der Waals surface area contributed by atoms with Gasteiger partial charge in [0, 0.05) is 12.7 Å². The summed E-state index contributed by atoms with van der Waals surface area (Å²) >= 11 is 4.99. The molecule has 0 bridgehead atoms. The summed E-state index contributed by atoms with van der Waals surface area (Å²) in [6.07, 6.45) is 5.78. The van der Waals surface area contributed by atoms with E-state index in [2.05, 4.69) is 29.8 Å². The smallest absolute Gasteiger partial charge is 0.122 e. The first-order valence-electron chi connectivity index (χ1n) is 7.53. The Bertz CT molecular complexity index is 459. The van der Waals surface area contributed by atoms with Crippen molar-refractivity contribution in [3.05, 3.63) is 29.6 Å². The Morgan fingerprint density at radius 3 is 2.95 bits per heavy atom. The summed E-state index contributed by atoms with van der Waals surface area (Å²) in [5.41, 5.74) is 7.63. The van der Waals surface area contributed by atoms with Crippen LogP contribution in [0.5, 0.6) is 0 Å². The molecule has 2 heterocycles. The van der Waals surface area contributed by atoms with Gasteiger partial charge < -0.3 is 5.73 Å². The molecule has 0 amide bonds. The fourth-order valence-electron chi connectivity index (χ4n) is 2.97. The topological polar surface area (TPSA) is 42.2 Å². The highest BCUT2D eigenvalue weighted by Gasteiger charge is 2.19. The number of hydrogen-bond donors (Lipinski definition) is 1. The molecule has 1 atom stereocenters. The average molecular weight is 291 g/mol. The fraction of sp³-hybridized carbons (Fsp3) is 0.625. The van der Waals surface area contributed by atoms with Crippen LogP contribution in [0.1, 0.15) is 44.4 Å². The van der Waals surface area contributed by atoms with Crippen LogP contribution < -0.4 is 5.73 Å². The van der Waals surface area contributed by atoms with Crippen LogP contribution in [0.15, 0.2) is 18.3 Å². The third-order valence-corrected chi connectivity index (χ3v) is 4.50. The lowest BCUT2D eigenvalue weighted by atomic mass is 9.89. The van der Waals surface area contributed by atoms with Gasteiger partial charge in [-0.2, -0.15) is 0 Å². The molecule has 1 aliphatic rings. The van der Waals surface area contributed by atoms with Crippen molar-refractivity contribution in [2.75, 3.05) is 13.1 Å². The van der Waals surface area contributed by atoms with E-state index in [4.69, 9.17) is 18.0 Å². The highest BCUT2D eigenvalue weighted by atomic mass is 32.1. The number of rotatable bonds is 4. The summed E-state index contributed by atoms with van der Waals surface area (Å²) < 4.78 is 0. The van der Waals surface area contributed by atoms with Crippen molar-refractivity contribution in [2.45, 2.75) is 39.7 Å². The molecule has 3 nitrogen and oxygen atoms in total. The van der Waals surface area contributed by atoms with Gasteiger partial charge in [0.25, 0.3) is 0 Å². The molecule has 0 saturated carbocycles. The van der Waals surface area contributed by atoms with Gasteiger partial charge in [0.05, 0.1) is 5.69 Å². The monoisotopic (exact) mass is 291 g/mol. The molecule has 2 N–H and O–H groups in total. The molecule has 0 radical (unpaired) electrons. The van der Waals surface area contributed by atoms with Crippen LogP contribution in [0, 0.1) is 11.8 Å². The molecule has 20 heavy (non-hydrogen) atoms. The van der Waals surface area contributed by atoms with Gasteiger partial charge in [0.15, 0.2) is 0 Å². The Balaban J connectivity index is 1.96. The molecule has 1 fully saturated rings. The molecule has 1 aromatic heterocycles. The van der Waals surface area contributed by atoms with Crippen LogP contribution in [0.25, 0.3) is 0 Å². The van der Waals surface area contributed by atoms with Gasteiger partial charge in [-0.05, 0) is 61.9 Å². The second-order valence-corrected chi connectivity index (χ2v) is 6.56. The Morgan fingerprint density at radius 2 is 2.25 bits per heavy atom. The van der Waals surface area contributed by atoms with E-state index in [-0.39, 0.29) is 0 Å². The first-order chi connectivity index (χ1) is 9.56. The zero-order valence-corrected chi connectivity index (χ0v) is 13.3. The van der Waals surface area contributed by atoms with Gasteiger partial charge in [0.2, 0.25) is 0 Å². The third kappa shape index (κ3) is 4.25. The maximum Gasteiger partial charge on any atom is 0.122 e. The van der Waals surface area contributed by atoms with Gasteiger partial charge in [-0.1, -0.05) is 26.1 Å². The zero-order valence-electron chi connectivity index (χ0n) is 12.5. The molecule has 0 aliphatic carbocycles. The summed E-state index contributed by atoms with van der Waals surface area (Å²) in [4.78, 5) is 7.12. The zero-order chi connectivity index (χ0) is 14.5. The third-order valence-electron chi connectivity index (χ3n) is 4.29. The molecular weight excluding hydrogens is 266 g/mol. The standard InChI is InChI=1S/C16H25N3S/c1-12(2)14-4-3-8-19(9-6-14)11-13-5-7-18-15(10-13)16(17)20/h5,7,10,12,14H,3-4,6,8-9,11H2,1-2H3,(H2,17,20). The number of hydrogen-bond acceptors (Lipinski definition) is 3. The lowest BCUT2D eigenvalue weighted by Crippen LogP contribution is -2.25. The maximum atomic E-state index is 5.65. The van der Waals surface area contributed by atoms with Crippen molar-refractivity contribution >= 4 is 17.2 Å². The summed E-state index contributed by atoms with van der Waals surface area (Å²) in [5, 5.41) is 0. The Hall–Kier alpha value is -1.00. The van der Waals surface area contributed by atoms with Crippen LogP contribution in [0.3, 0.4) is 0 Å². The normalized spacial score (nSPS) is 20.9. The van der Waals surface area contributed by atoms with Crippen LogP contribution in [-0.2, 0) is 6.54 Å². The van der Waals surface area contributed by atoms with Crippen molar-refractivity contribution in [3.63, 3.8) is 0 Å². The molecule has 1 aliphatic heterocycles.